The van der Waals surface area contributed by atoms with Crippen molar-refractivity contribution in [2.75, 3.05) is 6.54 Å². The van der Waals surface area contributed by atoms with Crippen LogP contribution >= 0.6 is 11.3 Å². The van der Waals surface area contributed by atoms with Crippen molar-refractivity contribution in [3.63, 3.8) is 0 Å². The van der Waals surface area contributed by atoms with Gasteiger partial charge < -0.3 is 10.0 Å². The van der Waals surface area contributed by atoms with Crippen molar-refractivity contribution in [1.82, 2.24) is 9.88 Å². The van der Waals surface area contributed by atoms with Crippen LogP contribution in [0, 0.1) is 19.8 Å². The summed E-state index contributed by atoms with van der Waals surface area (Å²) in [5.74, 6) is -1.55. The molecule has 0 saturated carbocycles. The lowest BCUT2D eigenvalue weighted by Gasteiger charge is -2.23. The van der Waals surface area contributed by atoms with Gasteiger partial charge in [-0.2, -0.15) is 0 Å². The molecule has 1 aromatic heterocycles. The lowest BCUT2D eigenvalue weighted by Crippen LogP contribution is -2.29. The van der Waals surface area contributed by atoms with E-state index in [1.807, 2.05) is 20.8 Å². The molecular weight excluding hydrogens is 252 g/mol. The average molecular weight is 268 g/mol. The summed E-state index contributed by atoms with van der Waals surface area (Å²) in [5.41, 5.74) is 0.927. The summed E-state index contributed by atoms with van der Waals surface area (Å²) < 4.78 is 0. The highest BCUT2D eigenvalue weighted by Crippen LogP contribution is 2.33. The van der Waals surface area contributed by atoms with Gasteiger partial charge in [-0.15, -0.1) is 11.3 Å². The van der Waals surface area contributed by atoms with Gasteiger partial charge >= 0.3 is 5.97 Å². The number of hydrogen-bond acceptors (Lipinski definition) is 4. The van der Waals surface area contributed by atoms with Crippen LogP contribution in [-0.4, -0.2) is 33.4 Å². The quantitative estimate of drug-likeness (QED) is 0.906. The third kappa shape index (κ3) is 2.25. The van der Waals surface area contributed by atoms with Crippen molar-refractivity contribution in [3.05, 3.63) is 15.6 Å². The minimum atomic E-state index is -0.893. The largest absolute Gasteiger partial charge is 0.481 e. The van der Waals surface area contributed by atoms with Crippen LogP contribution in [0.25, 0.3) is 0 Å². The maximum Gasteiger partial charge on any atom is 0.308 e. The molecule has 0 bridgehead atoms. The molecule has 1 amide bonds. The molecular formula is C12H16N2O3S. The third-order valence-corrected chi connectivity index (χ3v) is 4.54. The van der Waals surface area contributed by atoms with E-state index >= 15 is 0 Å². The minimum absolute atomic E-state index is 0.0830. The number of amides is 1. The third-order valence-electron chi connectivity index (χ3n) is 3.29. The number of thiazole rings is 1. The zero-order valence-corrected chi connectivity index (χ0v) is 11.5. The molecule has 98 valence electrons. The standard InChI is InChI=1S/C12H16N2O3S/c1-6-11(18-8(3)13-6)7(2)14-5-9(12(16)17)4-10(14)15/h7,9H,4-5H2,1-3H3,(H,16,17). The van der Waals surface area contributed by atoms with E-state index in [0.717, 1.165) is 15.6 Å². The normalized spacial score (nSPS) is 21.4. The summed E-state index contributed by atoms with van der Waals surface area (Å²) in [6, 6.07) is -0.0898. The van der Waals surface area contributed by atoms with Crippen LogP contribution in [0.1, 0.15) is 35.0 Å². The molecule has 18 heavy (non-hydrogen) atoms. The fraction of sp³-hybridized carbons (Fsp3) is 0.583. The Morgan fingerprint density at radius 1 is 1.56 bits per heavy atom. The maximum atomic E-state index is 11.9. The highest BCUT2D eigenvalue weighted by molar-refractivity contribution is 7.11. The number of likely N-dealkylation sites (tertiary alicyclic amines) is 1. The lowest BCUT2D eigenvalue weighted by atomic mass is 10.1. The summed E-state index contributed by atoms with van der Waals surface area (Å²) in [6.45, 7) is 6.08. The fourth-order valence-corrected chi connectivity index (χ4v) is 3.34. The van der Waals surface area contributed by atoms with Gasteiger partial charge in [0.05, 0.1) is 22.7 Å². The van der Waals surface area contributed by atoms with Crippen molar-refractivity contribution in [2.45, 2.75) is 33.2 Å². The molecule has 1 N–H and O–H groups in total. The van der Waals surface area contributed by atoms with Gasteiger partial charge in [-0.3, -0.25) is 9.59 Å². The van der Waals surface area contributed by atoms with Crippen molar-refractivity contribution in [1.29, 1.82) is 0 Å². The van der Waals surface area contributed by atoms with Gasteiger partial charge in [-0.1, -0.05) is 0 Å². The van der Waals surface area contributed by atoms with Crippen LogP contribution in [0.15, 0.2) is 0 Å². The first-order valence-corrected chi connectivity index (χ1v) is 6.68. The van der Waals surface area contributed by atoms with Crippen molar-refractivity contribution < 1.29 is 14.7 Å². The van der Waals surface area contributed by atoms with Crippen molar-refractivity contribution >= 4 is 23.2 Å². The highest BCUT2D eigenvalue weighted by atomic mass is 32.1. The summed E-state index contributed by atoms with van der Waals surface area (Å²) in [7, 11) is 0. The van der Waals surface area contributed by atoms with Crippen molar-refractivity contribution in [3.8, 4) is 0 Å². The van der Waals surface area contributed by atoms with E-state index in [1.165, 1.54) is 0 Å². The number of carbonyl (C=O) groups excluding carboxylic acids is 1. The number of aliphatic carboxylic acids is 1. The summed E-state index contributed by atoms with van der Waals surface area (Å²) in [6.07, 6.45) is 0.108. The number of carboxylic acids is 1. The number of rotatable bonds is 3. The van der Waals surface area contributed by atoms with E-state index < -0.39 is 11.9 Å². The predicted octanol–water partition coefficient (Wildman–Crippen LogP) is 1.75. The Balaban J connectivity index is 2.19. The predicted molar refractivity (Wildman–Crippen MR) is 67.5 cm³/mol. The number of carboxylic acid groups (broad SMARTS) is 1. The topological polar surface area (TPSA) is 70.5 Å². The van der Waals surface area contributed by atoms with E-state index in [4.69, 9.17) is 5.11 Å². The molecule has 0 radical (unpaired) electrons. The zero-order valence-electron chi connectivity index (χ0n) is 10.6. The molecule has 1 aromatic rings. The zero-order chi connectivity index (χ0) is 13.4. The second kappa shape index (κ2) is 4.68. The Hall–Kier alpha value is -1.43. The van der Waals surface area contributed by atoms with E-state index in [2.05, 4.69) is 4.98 Å². The molecule has 1 aliphatic heterocycles. The molecule has 0 aliphatic carbocycles. The molecule has 6 heteroatoms. The summed E-state index contributed by atoms with van der Waals surface area (Å²) >= 11 is 1.57. The van der Waals surface area contributed by atoms with E-state index in [1.54, 1.807) is 16.2 Å². The van der Waals surface area contributed by atoms with E-state index in [0.29, 0.717) is 6.54 Å². The van der Waals surface area contributed by atoms with Crippen LogP contribution in [0.4, 0.5) is 0 Å². The van der Waals surface area contributed by atoms with Crippen LogP contribution in [0.3, 0.4) is 0 Å². The number of aromatic nitrogens is 1. The molecule has 2 unspecified atom stereocenters. The van der Waals surface area contributed by atoms with Gasteiger partial charge in [0.25, 0.3) is 0 Å². The van der Waals surface area contributed by atoms with Crippen LogP contribution in [0.5, 0.6) is 0 Å². The number of hydrogen-bond donors (Lipinski definition) is 1. The summed E-state index contributed by atoms with van der Waals surface area (Å²) in [4.78, 5) is 29.8. The molecule has 5 nitrogen and oxygen atoms in total. The Labute approximate surface area is 109 Å². The van der Waals surface area contributed by atoms with Gasteiger partial charge in [-0.25, -0.2) is 4.98 Å². The second-order valence-electron chi connectivity index (χ2n) is 4.64. The first kappa shape index (κ1) is 13.0. The van der Waals surface area contributed by atoms with Gasteiger partial charge in [0.1, 0.15) is 0 Å². The Morgan fingerprint density at radius 3 is 2.67 bits per heavy atom. The molecule has 2 rings (SSSR count). The Kier molecular flexibility index (Phi) is 3.38. The number of carbonyl (C=O) groups is 2. The van der Waals surface area contributed by atoms with Gasteiger partial charge in [0, 0.05) is 17.8 Å². The smallest absolute Gasteiger partial charge is 0.308 e. The number of nitrogens with zero attached hydrogens (tertiary/aromatic N) is 2. The molecule has 2 heterocycles. The first-order valence-electron chi connectivity index (χ1n) is 5.86. The number of aryl methyl sites for hydroxylation is 2. The highest BCUT2D eigenvalue weighted by Gasteiger charge is 2.37. The molecule has 1 saturated heterocycles. The van der Waals surface area contributed by atoms with Gasteiger partial charge in [0.2, 0.25) is 5.91 Å². The monoisotopic (exact) mass is 268 g/mol. The van der Waals surface area contributed by atoms with E-state index in [9.17, 15) is 9.59 Å². The van der Waals surface area contributed by atoms with Crippen molar-refractivity contribution in [2.24, 2.45) is 5.92 Å². The minimum Gasteiger partial charge on any atom is -0.481 e. The van der Waals surface area contributed by atoms with Gasteiger partial charge in [-0.05, 0) is 20.8 Å². The molecule has 1 aliphatic rings. The van der Waals surface area contributed by atoms with E-state index in [-0.39, 0.29) is 18.4 Å². The van der Waals surface area contributed by atoms with Crippen LogP contribution in [0.2, 0.25) is 0 Å². The molecule has 0 spiro atoms. The first-order chi connectivity index (χ1) is 8.40. The fourth-order valence-electron chi connectivity index (χ4n) is 2.35. The lowest BCUT2D eigenvalue weighted by molar-refractivity contribution is -0.141. The van der Waals surface area contributed by atoms with Gasteiger partial charge in [0.15, 0.2) is 0 Å². The molecule has 2 atom stereocenters. The second-order valence-corrected chi connectivity index (χ2v) is 5.88. The maximum absolute atomic E-state index is 11.9. The molecule has 0 aromatic carbocycles. The molecule has 1 fully saturated rings. The Bertz CT molecular complexity index is 498. The Morgan fingerprint density at radius 2 is 2.22 bits per heavy atom. The van der Waals surface area contributed by atoms with Crippen LogP contribution < -0.4 is 0 Å². The SMILES string of the molecule is Cc1nc(C)c(C(C)N2CC(C(=O)O)CC2=O)s1. The summed E-state index contributed by atoms with van der Waals surface area (Å²) in [5, 5.41) is 9.94. The average Bonchev–Trinajstić information content (AvgIpc) is 2.81. The van der Waals surface area contributed by atoms with Crippen LogP contribution in [-0.2, 0) is 9.59 Å².